The lowest BCUT2D eigenvalue weighted by atomic mass is 10.1. The Morgan fingerprint density at radius 1 is 1.29 bits per heavy atom. The van der Waals surface area contributed by atoms with Crippen LogP contribution in [0.4, 0.5) is 4.79 Å². The minimum atomic E-state index is -0.389. The quantitative estimate of drug-likeness (QED) is 0.799. The Bertz CT molecular complexity index is 232. The molecule has 5 heteroatoms. The zero-order valence-corrected chi connectivity index (χ0v) is 11.8. The molecule has 0 aliphatic heterocycles. The first-order valence-corrected chi connectivity index (χ1v) is 5.77. The fourth-order valence-electron chi connectivity index (χ4n) is 0.760. The number of hydrogen-bond acceptors (Lipinski definition) is 3. The van der Waals surface area contributed by atoms with Gasteiger partial charge in [0.1, 0.15) is 5.60 Å². The summed E-state index contributed by atoms with van der Waals surface area (Å²) in [7, 11) is 1.54. The Morgan fingerprint density at radius 3 is 1.88 bits per heavy atom. The van der Waals surface area contributed by atoms with Crippen molar-refractivity contribution in [3.05, 3.63) is 0 Å². The van der Waals surface area contributed by atoms with Crippen molar-refractivity contribution < 1.29 is 14.3 Å². The van der Waals surface area contributed by atoms with Crippen molar-refractivity contribution in [2.24, 2.45) is 11.7 Å². The SMILES string of the molecule is CC(C)CCC(N)=O.CNC(=O)OC(C)(C)C. The van der Waals surface area contributed by atoms with E-state index >= 15 is 0 Å². The monoisotopic (exact) mass is 246 g/mol. The van der Waals surface area contributed by atoms with Crippen molar-refractivity contribution in [1.82, 2.24) is 5.32 Å². The lowest BCUT2D eigenvalue weighted by Gasteiger charge is -2.18. The lowest BCUT2D eigenvalue weighted by Crippen LogP contribution is -2.30. The number of nitrogens with two attached hydrogens (primary N) is 1. The van der Waals surface area contributed by atoms with E-state index in [9.17, 15) is 9.59 Å². The molecule has 0 aromatic carbocycles. The van der Waals surface area contributed by atoms with E-state index in [-0.39, 0.29) is 17.6 Å². The Kier molecular flexibility index (Phi) is 9.42. The summed E-state index contributed by atoms with van der Waals surface area (Å²) < 4.78 is 4.84. The van der Waals surface area contributed by atoms with Gasteiger partial charge >= 0.3 is 6.09 Å². The summed E-state index contributed by atoms with van der Waals surface area (Å²) in [4.78, 5) is 20.6. The van der Waals surface area contributed by atoms with Crippen molar-refractivity contribution in [1.29, 1.82) is 0 Å². The summed E-state index contributed by atoms with van der Waals surface area (Å²) in [5.74, 6) is 0.390. The second kappa shape index (κ2) is 8.84. The fraction of sp³-hybridized carbons (Fsp3) is 0.833. The maximum atomic E-state index is 10.5. The average molecular weight is 246 g/mol. The molecule has 0 radical (unpaired) electrons. The number of amides is 2. The summed E-state index contributed by atoms with van der Waals surface area (Å²) in [6.07, 6.45) is 1.05. The van der Waals surface area contributed by atoms with E-state index in [0.717, 1.165) is 6.42 Å². The molecule has 0 bridgehead atoms. The van der Waals surface area contributed by atoms with E-state index in [2.05, 4.69) is 19.2 Å². The van der Waals surface area contributed by atoms with Gasteiger partial charge in [0.2, 0.25) is 5.91 Å². The minimum Gasteiger partial charge on any atom is -0.444 e. The van der Waals surface area contributed by atoms with Crippen LogP contribution in [0.1, 0.15) is 47.5 Å². The van der Waals surface area contributed by atoms with Gasteiger partial charge in [0.15, 0.2) is 0 Å². The van der Waals surface area contributed by atoms with Crippen molar-refractivity contribution in [2.45, 2.75) is 53.1 Å². The van der Waals surface area contributed by atoms with Crippen LogP contribution in [0.3, 0.4) is 0 Å². The van der Waals surface area contributed by atoms with Gasteiger partial charge < -0.3 is 15.8 Å². The van der Waals surface area contributed by atoms with E-state index < -0.39 is 0 Å². The molecule has 0 aromatic rings. The topological polar surface area (TPSA) is 81.4 Å². The van der Waals surface area contributed by atoms with Gasteiger partial charge in [0.25, 0.3) is 0 Å². The summed E-state index contributed by atoms with van der Waals surface area (Å²) >= 11 is 0. The molecule has 17 heavy (non-hydrogen) atoms. The number of hydrogen-bond donors (Lipinski definition) is 2. The molecule has 0 unspecified atom stereocenters. The highest BCUT2D eigenvalue weighted by Crippen LogP contribution is 2.05. The van der Waals surface area contributed by atoms with Gasteiger partial charge in [-0.3, -0.25) is 4.79 Å². The van der Waals surface area contributed by atoms with Crippen LogP contribution in [0.5, 0.6) is 0 Å². The summed E-state index contributed by atoms with van der Waals surface area (Å²) in [5.41, 5.74) is 4.51. The maximum absolute atomic E-state index is 10.5. The van der Waals surface area contributed by atoms with Gasteiger partial charge in [-0.25, -0.2) is 4.79 Å². The molecule has 0 atom stereocenters. The third kappa shape index (κ3) is 20.7. The number of carbonyl (C=O) groups is 2. The van der Waals surface area contributed by atoms with Crippen LogP contribution in [-0.2, 0) is 9.53 Å². The van der Waals surface area contributed by atoms with E-state index in [0.29, 0.717) is 12.3 Å². The maximum Gasteiger partial charge on any atom is 0.407 e. The van der Waals surface area contributed by atoms with Gasteiger partial charge in [0.05, 0.1) is 0 Å². The van der Waals surface area contributed by atoms with Gasteiger partial charge in [-0.2, -0.15) is 0 Å². The zero-order chi connectivity index (χ0) is 14.1. The van der Waals surface area contributed by atoms with E-state index in [4.69, 9.17) is 10.5 Å². The highest BCUT2D eigenvalue weighted by molar-refractivity contribution is 5.73. The first kappa shape index (κ1) is 18.1. The molecule has 0 saturated heterocycles. The van der Waals surface area contributed by atoms with Gasteiger partial charge in [-0.05, 0) is 33.1 Å². The predicted octanol–water partition coefficient (Wildman–Crippen LogP) is 2.05. The van der Waals surface area contributed by atoms with Gasteiger partial charge in [0, 0.05) is 13.5 Å². The number of carbonyl (C=O) groups excluding carboxylic acids is 2. The lowest BCUT2D eigenvalue weighted by molar-refractivity contribution is -0.118. The van der Waals surface area contributed by atoms with E-state index in [1.54, 1.807) is 0 Å². The van der Waals surface area contributed by atoms with Crippen LogP contribution in [-0.4, -0.2) is 24.6 Å². The minimum absolute atomic E-state index is 0.196. The highest BCUT2D eigenvalue weighted by atomic mass is 16.6. The van der Waals surface area contributed by atoms with E-state index in [1.807, 2.05) is 20.8 Å². The Hall–Kier alpha value is -1.26. The molecular formula is C12H26N2O3. The molecule has 0 heterocycles. The second-order valence-corrected chi connectivity index (χ2v) is 5.15. The number of nitrogens with one attached hydrogen (secondary N) is 1. The molecule has 0 spiro atoms. The smallest absolute Gasteiger partial charge is 0.407 e. The molecule has 102 valence electrons. The first-order chi connectivity index (χ1) is 7.58. The number of rotatable bonds is 3. The molecule has 0 aliphatic carbocycles. The summed E-state index contributed by atoms with van der Waals surface area (Å²) in [5, 5.41) is 2.36. The molecule has 5 nitrogen and oxygen atoms in total. The Balaban J connectivity index is 0. The number of alkyl carbamates (subject to hydrolysis) is 1. The molecule has 2 amide bonds. The average Bonchev–Trinajstić information content (AvgIpc) is 2.13. The van der Waals surface area contributed by atoms with Crippen LogP contribution in [0.2, 0.25) is 0 Å². The van der Waals surface area contributed by atoms with Gasteiger partial charge in [-0.15, -0.1) is 0 Å². The Morgan fingerprint density at radius 2 is 1.76 bits per heavy atom. The molecule has 0 rings (SSSR count). The van der Waals surface area contributed by atoms with Crippen LogP contribution in [0.25, 0.3) is 0 Å². The van der Waals surface area contributed by atoms with Crippen molar-refractivity contribution in [3.63, 3.8) is 0 Å². The largest absolute Gasteiger partial charge is 0.444 e. The third-order valence-corrected chi connectivity index (χ3v) is 1.57. The van der Waals surface area contributed by atoms with Crippen molar-refractivity contribution in [2.75, 3.05) is 7.05 Å². The molecule has 0 fully saturated rings. The predicted molar refractivity (Wildman–Crippen MR) is 68.6 cm³/mol. The molecule has 0 aliphatic rings. The second-order valence-electron chi connectivity index (χ2n) is 5.15. The van der Waals surface area contributed by atoms with Crippen LogP contribution >= 0.6 is 0 Å². The zero-order valence-electron chi connectivity index (χ0n) is 11.8. The molecule has 0 saturated carbocycles. The number of primary amides is 1. The summed E-state index contributed by atoms with van der Waals surface area (Å²) in [6.45, 7) is 9.61. The standard InChI is InChI=1S/C6H13NO2.C6H13NO/c1-6(2,3)9-5(8)7-4;1-5(2)3-4-6(7)8/h1-4H3,(H,7,8);5H,3-4H2,1-2H3,(H2,7,8). The molecular weight excluding hydrogens is 220 g/mol. The summed E-state index contributed by atoms with van der Waals surface area (Å²) in [6, 6.07) is 0. The van der Waals surface area contributed by atoms with Crippen LogP contribution in [0.15, 0.2) is 0 Å². The fourth-order valence-corrected chi connectivity index (χ4v) is 0.760. The van der Waals surface area contributed by atoms with Crippen molar-refractivity contribution in [3.8, 4) is 0 Å². The number of ether oxygens (including phenoxy) is 1. The third-order valence-electron chi connectivity index (χ3n) is 1.57. The van der Waals surface area contributed by atoms with Crippen molar-refractivity contribution >= 4 is 12.0 Å². The molecule has 0 aromatic heterocycles. The van der Waals surface area contributed by atoms with Gasteiger partial charge in [-0.1, -0.05) is 13.8 Å². The van der Waals surface area contributed by atoms with E-state index in [1.165, 1.54) is 7.05 Å². The van der Waals surface area contributed by atoms with Crippen LogP contribution < -0.4 is 11.1 Å². The normalized spacial score (nSPS) is 10.3. The Labute approximate surface area is 104 Å². The highest BCUT2D eigenvalue weighted by Gasteiger charge is 2.13. The molecule has 3 N–H and O–H groups in total. The van der Waals surface area contributed by atoms with Crippen LogP contribution in [0, 0.1) is 5.92 Å². The first-order valence-electron chi connectivity index (χ1n) is 5.77.